The quantitative estimate of drug-likeness (QED) is 0.426. The minimum Gasteiger partial charge on any atom is -0.395 e. The molecule has 2 aromatic carbocycles. The van der Waals surface area contributed by atoms with Crippen LogP contribution < -0.4 is 9.80 Å². The first-order valence-corrected chi connectivity index (χ1v) is 11.8. The molecular weight excluding hydrogens is 446 g/mol. The van der Waals surface area contributed by atoms with Crippen LogP contribution in [0, 0.1) is 5.92 Å². The van der Waals surface area contributed by atoms with Crippen molar-refractivity contribution in [2.24, 2.45) is 5.92 Å². The second kappa shape index (κ2) is 10.0. The van der Waals surface area contributed by atoms with Crippen molar-refractivity contribution >= 4 is 29.1 Å². The first kappa shape index (κ1) is 24.6. The van der Waals surface area contributed by atoms with E-state index in [4.69, 9.17) is 0 Å². The van der Waals surface area contributed by atoms with E-state index < -0.39 is 17.4 Å². The van der Waals surface area contributed by atoms with E-state index in [-0.39, 0.29) is 31.4 Å². The number of hydrogen-bond donors (Lipinski definition) is 2. The predicted molar refractivity (Wildman–Crippen MR) is 133 cm³/mol. The van der Waals surface area contributed by atoms with E-state index in [9.17, 15) is 24.6 Å². The minimum absolute atomic E-state index is 0.0144. The lowest BCUT2D eigenvalue weighted by atomic mass is 9.82. The number of β-lactam (4-membered cyclic amide) rings is 1. The van der Waals surface area contributed by atoms with Gasteiger partial charge in [-0.05, 0) is 23.8 Å². The van der Waals surface area contributed by atoms with Crippen molar-refractivity contribution in [1.29, 1.82) is 0 Å². The number of carbonyl (C=O) groups excluding carboxylic acids is 3. The van der Waals surface area contributed by atoms with Crippen LogP contribution in [0.1, 0.15) is 30.9 Å². The molecule has 3 amide bonds. The zero-order valence-electron chi connectivity index (χ0n) is 20.1. The third kappa shape index (κ3) is 4.59. The number of likely N-dealkylation sites (N-methyl/N-ethyl adjacent to an activating group) is 1. The Labute approximate surface area is 205 Å². The van der Waals surface area contributed by atoms with Crippen molar-refractivity contribution in [3.63, 3.8) is 0 Å². The van der Waals surface area contributed by atoms with E-state index >= 15 is 0 Å². The van der Waals surface area contributed by atoms with Gasteiger partial charge in [0.15, 0.2) is 5.60 Å². The first-order chi connectivity index (χ1) is 16.8. The van der Waals surface area contributed by atoms with E-state index in [0.717, 1.165) is 5.56 Å². The number of carbonyl (C=O) groups is 3. The Morgan fingerprint density at radius 2 is 1.94 bits per heavy atom. The normalized spacial score (nSPS) is 20.2. The number of rotatable bonds is 9. The number of nitrogens with zero attached hydrogens (tertiary/aromatic N) is 3. The van der Waals surface area contributed by atoms with Crippen LogP contribution in [0.3, 0.4) is 0 Å². The standard InChI is InChI=1S/C27H31N3O5/c1-19(7-6-10-24(32)29(15-16-31)18-20-8-4-3-5-9-20)27(35)22-17-21(30-14-13-25(30)33)11-12-23(22)28(2)26(27)34/h3-9,11-12,17,19,31,35H,10,13-16,18H2,1-2H3/b7-6+/t19-,27+/m0/s1. The molecule has 0 unspecified atom stereocenters. The third-order valence-electron chi connectivity index (χ3n) is 6.86. The van der Waals surface area contributed by atoms with Crippen molar-refractivity contribution < 1.29 is 24.6 Å². The highest BCUT2D eigenvalue weighted by molar-refractivity contribution is 6.08. The molecule has 35 heavy (non-hydrogen) atoms. The Hall–Kier alpha value is -3.49. The van der Waals surface area contributed by atoms with E-state index in [1.54, 1.807) is 54.1 Å². The molecule has 0 saturated carbocycles. The summed E-state index contributed by atoms with van der Waals surface area (Å²) in [5.74, 6) is -1.21. The van der Waals surface area contributed by atoms with Gasteiger partial charge in [0.05, 0.1) is 12.3 Å². The van der Waals surface area contributed by atoms with Gasteiger partial charge in [0, 0.05) is 56.7 Å². The van der Waals surface area contributed by atoms with Gasteiger partial charge >= 0.3 is 0 Å². The van der Waals surface area contributed by atoms with Gasteiger partial charge in [-0.25, -0.2) is 0 Å². The number of aliphatic hydroxyl groups is 2. The molecule has 1 fully saturated rings. The lowest BCUT2D eigenvalue weighted by Gasteiger charge is -2.32. The third-order valence-corrected chi connectivity index (χ3v) is 6.86. The van der Waals surface area contributed by atoms with Gasteiger partial charge in [0.2, 0.25) is 11.8 Å². The molecule has 1 saturated heterocycles. The summed E-state index contributed by atoms with van der Waals surface area (Å²) in [4.78, 5) is 42.5. The molecule has 0 bridgehead atoms. The lowest BCUT2D eigenvalue weighted by Crippen LogP contribution is -2.44. The van der Waals surface area contributed by atoms with Gasteiger partial charge in [0.25, 0.3) is 5.91 Å². The fraction of sp³-hybridized carbons (Fsp3) is 0.370. The number of fused-ring (bicyclic) bond motifs is 1. The Morgan fingerprint density at radius 1 is 1.20 bits per heavy atom. The SMILES string of the molecule is C[C@@H](/C=C/CC(=O)N(CCO)Cc1ccccc1)[C@]1(O)C(=O)N(C)c2ccc(N3CCC3=O)cc21. The number of anilines is 2. The van der Waals surface area contributed by atoms with Crippen LogP contribution in [0.2, 0.25) is 0 Å². The molecule has 2 N–H and O–H groups in total. The molecule has 0 aliphatic carbocycles. The van der Waals surface area contributed by atoms with Gasteiger partial charge in [0.1, 0.15) is 0 Å². The van der Waals surface area contributed by atoms with Crippen LogP contribution in [-0.4, -0.2) is 59.6 Å². The summed E-state index contributed by atoms with van der Waals surface area (Å²) in [5, 5.41) is 21.0. The van der Waals surface area contributed by atoms with Crippen LogP contribution in [0.15, 0.2) is 60.7 Å². The molecule has 8 heteroatoms. The van der Waals surface area contributed by atoms with Crippen molar-refractivity contribution in [3.8, 4) is 0 Å². The fourth-order valence-electron chi connectivity index (χ4n) is 4.66. The number of amides is 3. The highest BCUT2D eigenvalue weighted by Crippen LogP contribution is 2.46. The molecule has 4 rings (SSSR count). The maximum atomic E-state index is 13.1. The average Bonchev–Trinajstić information content (AvgIpc) is 3.05. The number of benzene rings is 2. The van der Waals surface area contributed by atoms with Gasteiger partial charge in [-0.1, -0.05) is 49.4 Å². The Morgan fingerprint density at radius 3 is 2.57 bits per heavy atom. The molecule has 2 aliphatic heterocycles. The molecule has 8 nitrogen and oxygen atoms in total. The maximum absolute atomic E-state index is 13.1. The second-order valence-corrected chi connectivity index (χ2v) is 9.07. The Kier molecular flexibility index (Phi) is 7.05. The second-order valence-electron chi connectivity index (χ2n) is 9.07. The molecule has 0 spiro atoms. The maximum Gasteiger partial charge on any atom is 0.264 e. The van der Waals surface area contributed by atoms with Crippen LogP contribution in [0.4, 0.5) is 11.4 Å². The zero-order valence-corrected chi connectivity index (χ0v) is 20.1. The summed E-state index contributed by atoms with van der Waals surface area (Å²) >= 11 is 0. The monoisotopic (exact) mass is 477 g/mol. The van der Waals surface area contributed by atoms with Crippen LogP contribution in [0.5, 0.6) is 0 Å². The van der Waals surface area contributed by atoms with E-state index in [1.165, 1.54) is 4.90 Å². The Bertz CT molecular complexity index is 1150. The molecule has 0 aromatic heterocycles. The predicted octanol–water partition coefficient (Wildman–Crippen LogP) is 2.19. The van der Waals surface area contributed by atoms with Gasteiger partial charge in [-0.3, -0.25) is 14.4 Å². The van der Waals surface area contributed by atoms with Gasteiger partial charge in [-0.2, -0.15) is 0 Å². The highest BCUT2D eigenvalue weighted by Gasteiger charge is 2.51. The summed E-state index contributed by atoms with van der Waals surface area (Å²) < 4.78 is 0. The fourth-order valence-corrected chi connectivity index (χ4v) is 4.66. The average molecular weight is 478 g/mol. The molecular formula is C27H31N3O5. The molecule has 2 atom stereocenters. The van der Waals surface area contributed by atoms with Crippen molar-refractivity contribution in [3.05, 3.63) is 71.8 Å². The van der Waals surface area contributed by atoms with Crippen molar-refractivity contribution in [2.45, 2.75) is 31.9 Å². The van der Waals surface area contributed by atoms with Gasteiger partial charge < -0.3 is 24.9 Å². The smallest absolute Gasteiger partial charge is 0.264 e. The molecule has 2 aliphatic rings. The van der Waals surface area contributed by atoms with Crippen LogP contribution >= 0.6 is 0 Å². The summed E-state index contributed by atoms with van der Waals surface area (Å²) in [6.07, 6.45) is 3.91. The molecule has 184 valence electrons. The van der Waals surface area contributed by atoms with E-state index in [0.29, 0.717) is 36.4 Å². The molecule has 2 aromatic rings. The highest BCUT2D eigenvalue weighted by atomic mass is 16.3. The summed E-state index contributed by atoms with van der Waals surface area (Å²) in [5.41, 5.74) is 0.879. The lowest BCUT2D eigenvalue weighted by molar-refractivity contribution is -0.139. The van der Waals surface area contributed by atoms with E-state index in [1.807, 2.05) is 30.3 Å². The summed E-state index contributed by atoms with van der Waals surface area (Å²) in [6.45, 7) is 2.82. The molecule has 2 heterocycles. The van der Waals surface area contributed by atoms with Crippen molar-refractivity contribution in [1.82, 2.24) is 4.90 Å². The number of aliphatic hydroxyl groups excluding tert-OH is 1. The van der Waals surface area contributed by atoms with Gasteiger partial charge in [-0.15, -0.1) is 0 Å². The van der Waals surface area contributed by atoms with Crippen LogP contribution in [0.25, 0.3) is 0 Å². The minimum atomic E-state index is -1.80. The largest absolute Gasteiger partial charge is 0.395 e. The number of hydrogen-bond acceptors (Lipinski definition) is 5. The Balaban J connectivity index is 1.49. The summed E-state index contributed by atoms with van der Waals surface area (Å²) in [7, 11) is 1.61. The van der Waals surface area contributed by atoms with Crippen molar-refractivity contribution in [2.75, 3.05) is 36.5 Å². The zero-order chi connectivity index (χ0) is 25.2. The van der Waals surface area contributed by atoms with Crippen LogP contribution in [-0.2, 0) is 26.5 Å². The molecule has 0 radical (unpaired) electrons. The summed E-state index contributed by atoms with van der Waals surface area (Å²) in [6, 6.07) is 14.8. The van der Waals surface area contributed by atoms with E-state index in [2.05, 4.69) is 0 Å². The first-order valence-electron chi connectivity index (χ1n) is 11.8. The topological polar surface area (TPSA) is 101 Å².